The van der Waals surface area contributed by atoms with Gasteiger partial charge in [-0.15, -0.1) is 0 Å². The lowest BCUT2D eigenvalue weighted by Crippen LogP contribution is -2.50. The molecular weight excluding hydrogens is 222 g/mol. The van der Waals surface area contributed by atoms with Crippen LogP contribution in [-0.4, -0.2) is 39.8 Å². The summed E-state index contributed by atoms with van der Waals surface area (Å²) >= 11 is 0. The number of hydrogen-bond acceptors (Lipinski definition) is 3. The van der Waals surface area contributed by atoms with Gasteiger partial charge in [-0.2, -0.15) is 0 Å². The van der Waals surface area contributed by atoms with Gasteiger partial charge in [0.1, 0.15) is 11.6 Å². The van der Waals surface area contributed by atoms with E-state index in [-0.39, 0.29) is 6.04 Å². The van der Waals surface area contributed by atoms with Crippen molar-refractivity contribution in [2.45, 2.75) is 65.6 Å². The largest absolute Gasteiger partial charge is 0.480 e. The Bertz CT molecular complexity index is 281. The van der Waals surface area contributed by atoms with Crippen molar-refractivity contribution in [3.63, 3.8) is 0 Å². The van der Waals surface area contributed by atoms with E-state index in [1.165, 1.54) is 4.90 Å². The van der Waals surface area contributed by atoms with Crippen LogP contribution in [-0.2, 0) is 9.53 Å². The zero-order valence-corrected chi connectivity index (χ0v) is 11.5. The number of amides is 1. The van der Waals surface area contributed by atoms with Gasteiger partial charge in [0.05, 0.1) is 0 Å². The van der Waals surface area contributed by atoms with Crippen LogP contribution in [0.25, 0.3) is 0 Å². The molecule has 0 aromatic heterocycles. The molecule has 0 aromatic rings. The van der Waals surface area contributed by atoms with Gasteiger partial charge in [-0.1, -0.05) is 6.92 Å². The Labute approximate surface area is 103 Å². The zero-order chi connectivity index (χ0) is 13.8. The molecule has 0 rings (SSSR count). The van der Waals surface area contributed by atoms with E-state index >= 15 is 0 Å². The van der Waals surface area contributed by atoms with Crippen molar-refractivity contribution in [3.8, 4) is 0 Å². The fourth-order valence-electron chi connectivity index (χ4n) is 1.50. The van der Waals surface area contributed by atoms with E-state index in [0.717, 1.165) is 0 Å². The molecule has 0 spiro atoms. The summed E-state index contributed by atoms with van der Waals surface area (Å²) in [6.45, 7) is 10.5. The minimum absolute atomic E-state index is 0.217. The smallest absolute Gasteiger partial charge is 0.411 e. The van der Waals surface area contributed by atoms with Crippen molar-refractivity contribution in [3.05, 3.63) is 0 Å². The highest BCUT2D eigenvalue weighted by atomic mass is 16.6. The summed E-state index contributed by atoms with van der Waals surface area (Å²) in [5.74, 6) is -1.01. The first kappa shape index (κ1) is 15.7. The van der Waals surface area contributed by atoms with Crippen LogP contribution in [0.3, 0.4) is 0 Å². The average Bonchev–Trinajstić information content (AvgIpc) is 2.08. The highest BCUT2D eigenvalue weighted by Crippen LogP contribution is 2.16. The second-order valence-electron chi connectivity index (χ2n) is 5.24. The molecule has 100 valence electrons. The molecule has 0 aliphatic heterocycles. The Morgan fingerprint density at radius 3 is 2.00 bits per heavy atom. The average molecular weight is 245 g/mol. The Hall–Kier alpha value is -1.26. The molecule has 0 heterocycles. The van der Waals surface area contributed by atoms with Crippen LogP contribution in [0.5, 0.6) is 0 Å². The van der Waals surface area contributed by atoms with Crippen LogP contribution >= 0.6 is 0 Å². The Morgan fingerprint density at radius 1 is 1.29 bits per heavy atom. The van der Waals surface area contributed by atoms with E-state index in [0.29, 0.717) is 6.42 Å². The van der Waals surface area contributed by atoms with Crippen LogP contribution in [0.1, 0.15) is 48.0 Å². The molecule has 1 atom stereocenters. The lowest BCUT2D eigenvalue weighted by Gasteiger charge is -2.33. The third-order valence-electron chi connectivity index (χ3n) is 2.17. The first-order chi connectivity index (χ1) is 7.60. The van der Waals surface area contributed by atoms with E-state index in [2.05, 4.69) is 0 Å². The monoisotopic (exact) mass is 245 g/mol. The van der Waals surface area contributed by atoms with Gasteiger partial charge in [0.2, 0.25) is 0 Å². The molecule has 0 fully saturated rings. The van der Waals surface area contributed by atoms with E-state index in [1.54, 1.807) is 41.5 Å². The molecule has 0 aliphatic carbocycles. The third-order valence-corrected chi connectivity index (χ3v) is 2.17. The molecule has 0 aliphatic rings. The fraction of sp³-hybridized carbons (Fsp3) is 0.833. The molecule has 5 nitrogen and oxygen atoms in total. The Morgan fingerprint density at radius 2 is 1.76 bits per heavy atom. The summed E-state index contributed by atoms with van der Waals surface area (Å²) in [6, 6.07) is -1.06. The maximum atomic E-state index is 11.9. The predicted octanol–water partition coefficient (Wildman–Crippen LogP) is 2.50. The summed E-state index contributed by atoms with van der Waals surface area (Å²) < 4.78 is 5.22. The molecule has 0 saturated heterocycles. The van der Waals surface area contributed by atoms with Crippen LogP contribution in [0.2, 0.25) is 0 Å². The maximum absolute atomic E-state index is 11.9. The summed E-state index contributed by atoms with van der Waals surface area (Å²) in [5.41, 5.74) is -0.624. The third kappa shape index (κ3) is 5.06. The first-order valence-electron chi connectivity index (χ1n) is 5.84. The van der Waals surface area contributed by atoms with Crippen molar-refractivity contribution in [1.82, 2.24) is 4.90 Å². The Kier molecular flexibility index (Phi) is 5.45. The van der Waals surface area contributed by atoms with E-state index in [4.69, 9.17) is 9.84 Å². The van der Waals surface area contributed by atoms with Gasteiger partial charge >= 0.3 is 12.1 Å². The van der Waals surface area contributed by atoms with Crippen molar-refractivity contribution in [2.75, 3.05) is 0 Å². The van der Waals surface area contributed by atoms with Gasteiger partial charge in [0.25, 0.3) is 0 Å². The van der Waals surface area contributed by atoms with Crippen molar-refractivity contribution >= 4 is 12.1 Å². The van der Waals surface area contributed by atoms with Gasteiger partial charge < -0.3 is 9.84 Å². The maximum Gasteiger partial charge on any atom is 0.411 e. The number of carboxylic acids is 1. The quantitative estimate of drug-likeness (QED) is 0.826. The van der Waals surface area contributed by atoms with Gasteiger partial charge in [-0.05, 0) is 41.0 Å². The van der Waals surface area contributed by atoms with Crippen LogP contribution in [0.4, 0.5) is 4.79 Å². The number of rotatable bonds is 4. The number of hydrogen-bond donors (Lipinski definition) is 1. The summed E-state index contributed by atoms with van der Waals surface area (Å²) in [6.07, 6.45) is -0.228. The second-order valence-corrected chi connectivity index (χ2v) is 5.24. The molecule has 0 radical (unpaired) electrons. The molecule has 5 heteroatoms. The summed E-state index contributed by atoms with van der Waals surface area (Å²) in [5, 5.41) is 9.09. The molecule has 0 unspecified atom stereocenters. The number of carbonyl (C=O) groups excluding carboxylic acids is 1. The molecule has 1 amide bonds. The van der Waals surface area contributed by atoms with Gasteiger partial charge in [-0.3, -0.25) is 4.90 Å². The van der Waals surface area contributed by atoms with E-state index in [9.17, 15) is 9.59 Å². The minimum Gasteiger partial charge on any atom is -0.480 e. The number of ether oxygens (including phenoxy) is 1. The standard InChI is InChI=1S/C12H23NO4/c1-7-9(10(14)15)13(8(2)3)11(16)17-12(4,5)6/h8-9H,7H2,1-6H3,(H,14,15)/t9-/m0/s1. The molecular formula is C12H23NO4. The van der Waals surface area contributed by atoms with Gasteiger partial charge in [0.15, 0.2) is 0 Å². The second kappa shape index (κ2) is 5.89. The summed E-state index contributed by atoms with van der Waals surface area (Å²) in [4.78, 5) is 24.3. The summed E-state index contributed by atoms with van der Waals surface area (Å²) in [7, 11) is 0. The highest BCUT2D eigenvalue weighted by Gasteiger charge is 2.33. The van der Waals surface area contributed by atoms with Gasteiger partial charge in [0, 0.05) is 6.04 Å². The number of carbonyl (C=O) groups is 2. The van der Waals surface area contributed by atoms with Crippen LogP contribution in [0, 0.1) is 0 Å². The van der Waals surface area contributed by atoms with Crippen LogP contribution < -0.4 is 0 Å². The number of carboxylic acid groups (broad SMARTS) is 1. The molecule has 0 saturated carbocycles. The highest BCUT2D eigenvalue weighted by molar-refractivity contribution is 5.80. The zero-order valence-electron chi connectivity index (χ0n) is 11.5. The number of nitrogens with zero attached hydrogens (tertiary/aromatic N) is 1. The Balaban J connectivity index is 4.97. The fourth-order valence-corrected chi connectivity index (χ4v) is 1.50. The molecule has 0 aromatic carbocycles. The van der Waals surface area contributed by atoms with Crippen molar-refractivity contribution in [1.29, 1.82) is 0 Å². The van der Waals surface area contributed by atoms with Crippen LogP contribution in [0.15, 0.2) is 0 Å². The molecule has 0 bridgehead atoms. The van der Waals surface area contributed by atoms with E-state index < -0.39 is 23.7 Å². The van der Waals surface area contributed by atoms with E-state index in [1.807, 2.05) is 0 Å². The molecule has 17 heavy (non-hydrogen) atoms. The minimum atomic E-state index is -1.01. The SMILES string of the molecule is CC[C@@H](C(=O)O)N(C(=O)OC(C)(C)C)C(C)C. The normalized spacial score (nSPS) is 13.4. The predicted molar refractivity (Wildman–Crippen MR) is 64.9 cm³/mol. The molecule has 1 N–H and O–H groups in total. The topological polar surface area (TPSA) is 66.8 Å². The first-order valence-corrected chi connectivity index (χ1v) is 5.84. The lowest BCUT2D eigenvalue weighted by molar-refractivity contribution is -0.144. The number of aliphatic carboxylic acids is 1. The van der Waals surface area contributed by atoms with Crippen molar-refractivity contribution in [2.24, 2.45) is 0 Å². The van der Waals surface area contributed by atoms with Gasteiger partial charge in [-0.25, -0.2) is 9.59 Å². The lowest BCUT2D eigenvalue weighted by atomic mass is 10.1. The van der Waals surface area contributed by atoms with Crippen molar-refractivity contribution < 1.29 is 19.4 Å².